The van der Waals surface area contributed by atoms with Crippen molar-refractivity contribution < 1.29 is 26.3 Å². The van der Waals surface area contributed by atoms with E-state index in [4.69, 9.17) is 0 Å². The quantitative estimate of drug-likeness (QED) is 0.631. The van der Waals surface area contributed by atoms with Gasteiger partial charge in [-0.05, 0) is 55.3 Å². The third-order valence-electron chi connectivity index (χ3n) is 4.67. The van der Waals surface area contributed by atoms with Crippen LogP contribution in [0.2, 0.25) is 0 Å². The summed E-state index contributed by atoms with van der Waals surface area (Å²) in [6.07, 6.45) is 1.14. The topological polar surface area (TPSA) is 58.6 Å². The van der Waals surface area contributed by atoms with Crippen LogP contribution in [0.3, 0.4) is 0 Å². The van der Waals surface area contributed by atoms with Crippen LogP contribution >= 0.6 is 15.9 Å². The number of likely N-dealkylation sites (tertiary alicyclic amines) is 1. The molecule has 2 aromatic carbocycles. The molecule has 0 unspecified atom stereocenters. The molecule has 10 heteroatoms. The summed E-state index contributed by atoms with van der Waals surface area (Å²) < 4.78 is 71.1. The van der Waals surface area contributed by atoms with Crippen molar-refractivity contribution in [1.29, 1.82) is 0 Å². The first kappa shape index (κ1) is 22.1. The zero-order valence-electron chi connectivity index (χ0n) is 15.3. The molecule has 158 valence electrons. The number of benzene rings is 2. The zero-order valence-corrected chi connectivity index (χ0v) is 17.7. The lowest BCUT2D eigenvalue weighted by molar-refractivity contribution is -0.0508. The molecule has 3 rings (SSSR count). The highest BCUT2D eigenvalue weighted by Gasteiger charge is 2.25. The predicted octanol–water partition coefficient (Wildman–Crippen LogP) is 4.13. The van der Waals surface area contributed by atoms with E-state index in [0.717, 1.165) is 16.6 Å². The number of piperidine rings is 1. The molecular weight excluding hydrogens is 473 g/mol. The predicted molar refractivity (Wildman–Crippen MR) is 106 cm³/mol. The summed E-state index contributed by atoms with van der Waals surface area (Å²) in [6.45, 7) is -1.30. The molecule has 0 atom stereocenters. The number of rotatable bonds is 7. The largest absolute Gasteiger partial charge is 0.434 e. The lowest BCUT2D eigenvalue weighted by Gasteiger charge is -2.32. The lowest BCUT2D eigenvalue weighted by atomic mass is 10.1. The van der Waals surface area contributed by atoms with Gasteiger partial charge in [0, 0.05) is 35.7 Å². The van der Waals surface area contributed by atoms with Crippen molar-refractivity contribution >= 4 is 26.0 Å². The molecule has 0 radical (unpaired) electrons. The number of sulfonamides is 1. The average Bonchev–Trinajstić information content (AvgIpc) is 2.65. The lowest BCUT2D eigenvalue weighted by Crippen LogP contribution is -2.44. The van der Waals surface area contributed by atoms with Gasteiger partial charge in [0.25, 0.3) is 0 Å². The van der Waals surface area contributed by atoms with Gasteiger partial charge in [-0.25, -0.2) is 17.5 Å². The van der Waals surface area contributed by atoms with Crippen LogP contribution < -0.4 is 9.46 Å². The van der Waals surface area contributed by atoms with Crippen LogP contribution in [0.4, 0.5) is 13.2 Å². The van der Waals surface area contributed by atoms with E-state index in [0.29, 0.717) is 38.0 Å². The Morgan fingerprint density at radius 1 is 1.14 bits per heavy atom. The van der Waals surface area contributed by atoms with E-state index in [9.17, 15) is 21.6 Å². The molecule has 0 saturated carbocycles. The van der Waals surface area contributed by atoms with Crippen LogP contribution in [0.25, 0.3) is 0 Å². The third kappa shape index (κ3) is 6.18. The van der Waals surface area contributed by atoms with Crippen LogP contribution in [0, 0.1) is 5.82 Å². The second kappa shape index (κ2) is 9.46. The first-order chi connectivity index (χ1) is 13.7. The molecular formula is C19H20BrF3N2O3S. The molecule has 1 saturated heterocycles. The molecule has 0 bridgehead atoms. The molecule has 1 aliphatic heterocycles. The normalized spacial score (nSPS) is 16.3. The summed E-state index contributed by atoms with van der Waals surface area (Å²) in [7, 11) is -3.72. The molecule has 1 fully saturated rings. The maximum Gasteiger partial charge on any atom is 0.387 e. The zero-order chi connectivity index (χ0) is 21.0. The Morgan fingerprint density at radius 3 is 2.41 bits per heavy atom. The van der Waals surface area contributed by atoms with E-state index in [1.807, 2.05) is 0 Å². The van der Waals surface area contributed by atoms with Crippen molar-refractivity contribution in [3.8, 4) is 5.75 Å². The number of ether oxygens (including phenoxy) is 1. The van der Waals surface area contributed by atoms with E-state index in [2.05, 4.69) is 30.3 Å². The van der Waals surface area contributed by atoms with Gasteiger partial charge in [-0.15, -0.1) is 0 Å². The second-order valence-electron chi connectivity index (χ2n) is 6.76. The van der Waals surface area contributed by atoms with Gasteiger partial charge in [0.2, 0.25) is 10.0 Å². The Hall–Kier alpha value is -1.62. The summed E-state index contributed by atoms with van der Waals surface area (Å²) in [5.74, 6) is -0.373. The Morgan fingerprint density at radius 2 is 1.79 bits per heavy atom. The Balaban J connectivity index is 1.58. The van der Waals surface area contributed by atoms with Crippen LogP contribution in [0.1, 0.15) is 18.4 Å². The number of nitrogens with zero attached hydrogens (tertiary/aromatic N) is 1. The van der Waals surface area contributed by atoms with Crippen LogP contribution in [0.15, 0.2) is 51.8 Å². The summed E-state index contributed by atoms with van der Waals surface area (Å²) in [6, 6.07) is 9.28. The first-order valence-electron chi connectivity index (χ1n) is 8.96. The van der Waals surface area contributed by atoms with Gasteiger partial charge in [-0.2, -0.15) is 8.78 Å². The summed E-state index contributed by atoms with van der Waals surface area (Å²) in [5, 5.41) is 0. The second-order valence-corrected chi connectivity index (χ2v) is 9.39. The molecule has 0 amide bonds. The van der Waals surface area contributed by atoms with Gasteiger partial charge in [-0.1, -0.05) is 15.9 Å². The van der Waals surface area contributed by atoms with Gasteiger partial charge in [-0.3, -0.25) is 4.90 Å². The van der Waals surface area contributed by atoms with Gasteiger partial charge in [0.15, 0.2) is 0 Å². The van der Waals surface area contributed by atoms with Gasteiger partial charge in [0.1, 0.15) is 11.6 Å². The first-order valence-corrected chi connectivity index (χ1v) is 11.2. The van der Waals surface area contributed by atoms with Crippen molar-refractivity contribution in [2.75, 3.05) is 13.1 Å². The molecule has 2 aromatic rings. The molecule has 0 aromatic heterocycles. The number of hydrogen-bond acceptors (Lipinski definition) is 4. The van der Waals surface area contributed by atoms with Crippen molar-refractivity contribution in [2.24, 2.45) is 0 Å². The van der Waals surface area contributed by atoms with Gasteiger partial charge in [0.05, 0.1) is 4.90 Å². The molecule has 5 nitrogen and oxygen atoms in total. The van der Waals surface area contributed by atoms with Crippen LogP contribution in [-0.4, -0.2) is 39.1 Å². The fraction of sp³-hybridized carbons (Fsp3) is 0.368. The minimum Gasteiger partial charge on any atom is -0.434 e. The van der Waals surface area contributed by atoms with Crippen molar-refractivity contribution in [3.63, 3.8) is 0 Å². The monoisotopic (exact) mass is 492 g/mol. The van der Waals surface area contributed by atoms with Crippen LogP contribution in [-0.2, 0) is 16.6 Å². The van der Waals surface area contributed by atoms with E-state index in [-0.39, 0.29) is 16.7 Å². The number of halogens is 4. The van der Waals surface area contributed by atoms with Crippen LogP contribution in [0.5, 0.6) is 5.75 Å². The maximum absolute atomic E-state index is 13.0. The third-order valence-corrected chi connectivity index (χ3v) is 6.70. The number of alkyl halides is 2. The van der Waals surface area contributed by atoms with Crippen molar-refractivity contribution in [3.05, 3.63) is 58.3 Å². The minimum absolute atomic E-state index is 0.0178. The van der Waals surface area contributed by atoms with Gasteiger partial charge >= 0.3 is 6.61 Å². The number of nitrogens with one attached hydrogen (secondary N) is 1. The summed E-state index contributed by atoms with van der Waals surface area (Å²) >= 11 is 3.33. The maximum atomic E-state index is 13.0. The highest BCUT2D eigenvalue weighted by atomic mass is 79.9. The van der Waals surface area contributed by atoms with Crippen molar-refractivity contribution in [1.82, 2.24) is 9.62 Å². The molecule has 29 heavy (non-hydrogen) atoms. The molecule has 0 aliphatic carbocycles. The van der Waals surface area contributed by atoms with Crippen molar-refractivity contribution in [2.45, 2.75) is 36.9 Å². The molecule has 1 heterocycles. The molecule has 0 spiro atoms. The molecule has 1 N–H and O–H groups in total. The Bertz CT molecular complexity index is 934. The standard InChI is InChI=1S/C19H20BrF3N2O3S/c20-14-1-6-18(28-19(22)23)13(11-14)12-25-9-7-16(8-10-25)24-29(26,27)17-4-2-15(21)3-5-17/h1-6,11,16,19,24H,7-10,12H2. The highest BCUT2D eigenvalue weighted by molar-refractivity contribution is 9.10. The van der Waals surface area contributed by atoms with Gasteiger partial charge < -0.3 is 4.74 Å². The summed E-state index contributed by atoms with van der Waals surface area (Å²) in [4.78, 5) is 2.08. The molecule has 1 aliphatic rings. The average molecular weight is 493 g/mol. The fourth-order valence-electron chi connectivity index (χ4n) is 3.23. The minimum atomic E-state index is -3.72. The smallest absolute Gasteiger partial charge is 0.387 e. The van der Waals surface area contributed by atoms with E-state index >= 15 is 0 Å². The number of hydrogen-bond donors (Lipinski definition) is 1. The highest BCUT2D eigenvalue weighted by Crippen LogP contribution is 2.27. The fourth-order valence-corrected chi connectivity index (χ4v) is 4.95. The Kier molecular flexibility index (Phi) is 7.20. The summed E-state index contributed by atoms with van der Waals surface area (Å²) in [5.41, 5.74) is 0.630. The van der Waals surface area contributed by atoms with E-state index < -0.39 is 22.5 Å². The Labute approximate surface area is 176 Å². The van der Waals surface area contributed by atoms with E-state index in [1.54, 1.807) is 12.1 Å². The van der Waals surface area contributed by atoms with E-state index in [1.165, 1.54) is 18.2 Å². The SMILES string of the molecule is O=S(=O)(NC1CCN(Cc2cc(Br)ccc2OC(F)F)CC1)c1ccc(F)cc1.